The molecule has 0 bridgehead atoms. The van der Waals surface area contributed by atoms with Gasteiger partial charge in [-0.1, -0.05) is 18.9 Å². The van der Waals surface area contributed by atoms with E-state index < -0.39 is 0 Å². The molecule has 2 aliphatic carbocycles. The van der Waals surface area contributed by atoms with E-state index in [4.69, 9.17) is 0 Å². The first-order valence-electron chi connectivity index (χ1n) is 8.60. The summed E-state index contributed by atoms with van der Waals surface area (Å²) in [6.45, 7) is 0. The molecule has 126 valence electrons. The van der Waals surface area contributed by atoms with Gasteiger partial charge in [-0.3, -0.25) is 9.59 Å². The molecule has 1 amide bonds. The number of thiophene rings is 1. The van der Waals surface area contributed by atoms with Crippen LogP contribution in [0.3, 0.4) is 0 Å². The minimum absolute atomic E-state index is 0.0889. The molecule has 1 fully saturated rings. The number of nitrogens with one attached hydrogen (secondary N) is 2. The quantitative estimate of drug-likeness (QED) is 0.898. The SMILES string of the molecule is O=C(N[C@@H]1CCc2n[nH]c(=O)cc2C1)C1(c2cccs2)CCCC1. The van der Waals surface area contributed by atoms with Crippen LogP contribution in [0.5, 0.6) is 0 Å². The zero-order chi connectivity index (χ0) is 16.6. The summed E-state index contributed by atoms with van der Waals surface area (Å²) in [5.41, 5.74) is 1.40. The van der Waals surface area contributed by atoms with Crippen molar-refractivity contribution in [1.29, 1.82) is 0 Å². The van der Waals surface area contributed by atoms with Gasteiger partial charge in [-0.05, 0) is 49.1 Å². The first-order valence-corrected chi connectivity index (χ1v) is 9.48. The molecule has 2 aliphatic rings. The summed E-state index contributed by atoms with van der Waals surface area (Å²) in [7, 11) is 0. The molecule has 5 nitrogen and oxygen atoms in total. The number of nitrogens with zero attached hydrogens (tertiary/aromatic N) is 1. The second-order valence-electron chi connectivity index (χ2n) is 6.88. The smallest absolute Gasteiger partial charge is 0.264 e. The van der Waals surface area contributed by atoms with E-state index in [9.17, 15) is 9.59 Å². The largest absolute Gasteiger partial charge is 0.352 e. The molecule has 0 spiro atoms. The Balaban J connectivity index is 1.53. The van der Waals surface area contributed by atoms with Crippen LogP contribution in [0, 0.1) is 0 Å². The summed E-state index contributed by atoms with van der Waals surface area (Å²) < 4.78 is 0. The van der Waals surface area contributed by atoms with Crippen LogP contribution in [-0.4, -0.2) is 22.1 Å². The molecule has 0 saturated heterocycles. The minimum atomic E-state index is -0.346. The van der Waals surface area contributed by atoms with Gasteiger partial charge in [0.25, 0.3) is 5.56 Å². The van der Waals surface area contributed by atoms with Crippen LogP contribution in [0.4, 0.5) is 0 Å². The molecular formula is C18H21N3O2S. The molecule has 2 aromatic rings. The molecule has 1 atom stereocenters. The van der Waals surface area contributed by atoms with Crippen LogP contribution < -0.4 is 10.9 Å². The maximum atomic E-state index is 13.1. The molecule has 0 radical (unpaired) electrons. The second-order valence-corrected chi connectivity index (χ2v) is 7.83. The van der Waals surface area contributed by atoms with Crippen LogP contribution in [0.15, 0.2) is 28.4 Å². The van der Waals surface area contributed by atoms with E-state index in [0.29, 0.717) is 6.42 Å². The average molecular weight is 343 g/mol. The summed E-state index contributed by atoms with van der Waals surface area (Å²) in [5.74, 6) is 0.161. The van der Waals surface area contributed by atoms with E-state index in [1.54, 1.807) is 17.4 Å². The Morgan fingerprint density at radius 1 is 1.38 bits per heavy atom. The predicted octanol–water partition coefficient (Wildman–Crippen LogP) is 2.32. The fourth-order valence-corrected chi connectivity index (χ4v) is 5.08. The first-order chi connectivity index (χ1) is 11.7. The van der Waals surface area contributed by atoms with E-state index in [-0.39, 0.29) is 22.9 Å². The fraction of sp³-hybridized carbons (Fsp3) is 0.500. The van der Waals surface area contributed by atoms with Crippen molar-refractivity contribution in [2.24, 2.45) is 0 Å². The van der Waals surface area contributed by atoms with Gasteiger partial charge in [0.05, 0.1) is 11.1 Å². The van der Waals surface area contributed by atoms with Crippen LogP contribution in [-0.2, 0) is 23.1 Å². The third-order valence-electron chi connectivity index (χ3n) is 5.39. The zero-order valence-electron chi connectivity index (χ0n) is 13.5. The van der Waals surface area contributed by atoms with E-state index in [0.717, 1.165) is 49.8 Å². The lowest BCUT2D eigenvalue weighted by atomic mass is 9.82. The molecule has 0 aromatic carbocycles. The number of hydrogen-bond acceptors (Lipinski definition) is 4. The highest BCUT2D eigenvalue weighted by molar-refractivity contribution is 7.10. The highest BCUT2D eigenvalue weighted by atomic mass is 32.1. The van der Waals surface area contributed by atoms with Gasteiger partial charge < -0.3 is 5.32 Å². The predicted molar refractivity (Wildman–Crippen MR) is 93.3 cm³/mol. The number of rotatable bonds is 3. The topological polar surface area (TPSA) is 74.8 Å². The number of H-pyrrole nitrogens is 1. The molecule has 2 N–H and O–H groups in total. The van der Waals surface area contributed by atoms with Crippen molar-refractivity contribution in [2.45, 2.75) is 56.4 Å². The van der Waals surface area contributed by atoms with Gasteiger partial charge in [-0.25, -0.2) is 5.10 Å². The van der Waals surface area contributed by atoms with Gasteiger partial charge in [-0.15, -0.1) is 11.3 Å². The molecule has 4 rings (SSSR count). The molecular weight excluding hydrogens is 322 g/mol. The van der Waals surface area contributed by atoms with Crippen molar-refractivity contribution in [3.8, 4) is 0 Å². The Hall–Kier alpha value is -1.95. The van der Waals surface area contributed by atoms with Gasteiger partial charge in [-0.2, -0.15) is 5.10 Å². The maximum Gasteiger partial charge on any atom is 0.264 e. The monoisotopic (exact) mass is 343 g/mol. The van der Waals surface area contributed by atoms with Crippen molar-refractivity contribution < 1.29 is 4.79 Å². The van der Waals surface area contributed by atoms with E-state index in [2.05, 4.69) is 27.0 Å². The van der Waals surface area contributed by atoms with Crippen LogP contribution in [0.25, 0.3) is 0 Å². The summed E-state index contributed by atoms with van der Waals surface area (Å²) in [6, 6.07) is 5.83. The minimum Gasteiger partial charge on any atom is -0.352 e. The Morgan fingerprint density at radius 3 is 2.96 bits per heavy atom. The average Bonchev–Trinajstić information content (AvgIpc) is 3.26. The molecule has 24 heavy (non-hydrogen) atoms. The van der Waals surface area contributed by atoms with E-state index >= 15 is 0 Å². The van der Waals surface area contributed by atoms with Crippen LogP contribution >= 0.6 is 11.3 Å². The zero-order valence-corrected chi connectivity index (χ0v) is 14.3. The molecule has 0 unspecified atom stereocenters. The lowest BCUT2D eigenvalue weighted by Gasteiger charge is -2.31. The van der Waals surface area contributed by atoms with Gasteiger partial charge >= 0.3 is 0 Å². The van der Waals surface area contributed by atoms with Crippen molar-refractivity contribution in [3.63, 3.8) is 0 Å². The van der Waals surface area contributed by atoms with Crippen LogP contribution in [0.1, 0.15) is 48.2 Å². The molecule has 6 heteroatoms. The maximum absolute atomic E-state index is 13.1. The number of aromatic nitrogens is 2. The standard InChI is InChI=1S/C18H21N3O2S/c22-16-11-12-10-13(5-6-14(12)20-21-16)19-17(23)18(7-1-2-8-18)15-4-3-9-24-15/h3-4,9,11,13H,1-2,5-8,10H2,(H,19,23)(H,21,22)/t13-/m1/s1. The second kappa shape index (κ2) is 6.16. The van der Waals surface area contributed by atoms with Gasteiger partial charge in [0.2, 0.25) is 5.91 Å². The van der Waals surface area contributed by atoms with Crippen molar-refractivity contribution >= 4 is 17.2 Å². The Morgan fingerprint density at radius 2 is 2.21 bits per heavy atom. The normalized spacial score (nSPS) is 22.1. The summed E-state index contributed by atoms with van der Waals surface area (Å²) in [6.07, 6.45) is 6.45. The highest BCUT2D eigenvalue weighted by Crippen LogP contribution is 2.43. The van der Waals surface area contributed by atoms with Crippen molar-refractivity contribution in [2.75, 3.05) is 0 Å². The summed E-state index contributed by atoms with van der Waals surface area (Å²) in [5, 5.41) is 11.9. The number of amides is 1. The third kappa shape index (κ3) is 2.69. The van der Waals surface area contributed by atoms with Crippen molar-refractivity contribution in [1.82, 2.24) is 15.5 Å². The molecule has 2 aromatic heterocycles. The number of hydrogen-bond donors (Lipinski definition) is 2. The highest BCUT2D eigenvalue weighted by Gasteiger charge is 2.44. The summed E-state index contributed by atoms with van der Waals surface area (Å²) in [4.78, 5) is 25.8. The van der Waals surface area contributed by atoms with Gasteiger partial charge in [0, 0.05) is 17.0 Å². The summed E-state index contributed by atoms with van der Waals surface area (Å²) >= 11 is 1.68. The Bertz CT molecular complexity index is 791. The lowest BCUT2D eigenvalue weighted by molar-refractivity contribution is -0.127. The fourth-order valence-electron chi connectivity index (χ4n) is 4.10. The Kier molecular flexibility index (Phi) is 4.00. The van der Waals surface area contributed by atoms with Crippen LogP contribution in [0.2, 0.25) is 0 Å². The van der Waals surface area contributed by atoms with Gasteiger partial charge in [0.15, 0.2) is 0 Å². The number of aryl methyl sites for hydroxylation is 1. The van der Waals surface area contributed by atoms with E-state index in [1.807, 2.05) is 6.07 Å². The number of carbonyl (C=O) groups is 1. The first kappa shape index (κ1) is 15.6. The number of aromatic amines is 1. The lowest BCUT2D eigenvalue weighted by Crippen LogP contribution is -2.48. The van der Waals surface area contributed by atoms with Gasteiger partial charge in [0.1, 0.15) is 0 Å². The molecule has 0 aliphatic heterocycles. The van der Waals surface area contributed by atoms with Crippen molar-refractivity contribution in [3.05, 3.63) is 50.1 Å². The Labute approximate surface area is 144 Å². The number of carbonyl (C=O) groups excluding carboxylic acids is 1. The third-order valence-corrected chi connectivity index (χ3v) is 6.47. The number of fused-ring (bicyclic) bond motifs is 1. The van der Waals surface area contributed by atoms with E-state index in [1.165, 1.54) is 4.88 Å². The molecule has 2 heterocycles. The molecule has 1 saturated carbocycles.